The molecule has 0 saturated carbocycles. The summed E-state index contributed by atoms with van der Waals surface area (Å²) in [5, 5.41) is 1.46. The Bertz CT molecular complexity index is 440. The Morgan fingerprint density at radius 3 is 2.44 bits per heavy atom. The lowest BCUT2D eigenvalue weighted by molar-refractivity contribution is 0.738. The highest BCUT2D eigenvalue weighted by Gasteiger charge is 2.12. The van der Waals surface area contributed by atoms with E-state index in [0.29, 0.717) is 5.92 Å². The van der Waals surface area contributed by atoms with Crippen LogP contribution in [0.3, 0.4) is 0 Å². The van der Waals surface area contributed by atoms with Crippen LogP contribution in [0.4, 0.5) is 0 Å². The maximum atomic E-state index is 2.32. The predicted octanol–water partition coefficient (Wildman–Crippen LogP) is 5.75. The molecule has 0 aliphatic heterocycles. The monoisotopic (exact) mass is 234 g/mol. The smallest absolute Gasteiger partial charge is 0.0348 e. The van der Waals surface area contributed by atoms with Crippen LogP contribution in [0.2, 0.25) is 0 Å². The Morgan fingerprint density at radius 2 is 1.81 bits per heavy atom. The van der Waals surface area contributed by atoms with E-state index in [1.165, 1.54) is 21.4 Å². The standard InChI is InChI=1S/C13H16S.C2H6/c1-4-9(2)13-10(3)14-12-8-6-5-7-11(12)13;1-2/h5-9H,4H2,1-3H3;1-2H3. The van der Waals surface area contributed by atoms with Gasteiger partial charge in [0.15, 0.2) is 0 Å². The fraction of sp³-hybridized carbons (Fsp3) is 0.467. The molecule has 1 heteroatoms. The zero-order valence-corrected chi connectivity index (χ0v) is 11.8. The minimum atomic E-state index is 0.686. The van der Waals surface area contributed by atoms with Gasteiger partial charge in [0.25, 0.3) is 0 Å². The minimum absolute atomic E-state index is 0.686. The number of aryl methyl sites for hydroxylation is 1. The Hall–Kier alpha value is -0.820. The van der Waals surface area contributed by atoms with E-state index in [1.54, 1.807) is 5.56 Å². The molecule has 0 spiro atoms. The average molecular weight is 234 g/mol. The quantitative estimate of drug-likeness (QED) is 0.620. The lowest BCUT2D eigenvalue weighted by Gasteiger charge is -2.08. The van der Waals surface area contributed by atoms with Crippen LogP contribution in [0.1, 0.15) is 50.5 Å². The summed E-state index contributed by atoms with van der Waals surface area (Å²) in [6, 6.07) is 8.73. The van der Waals surface area contributed by atoms with Crippen molar-refractivity contribution in [1.82, 2.24) is 0 Å². The van der Waals surface area contributed by atoms with E-state index in [4.69, 9.17) is 0 Å². The molecule has 16 heavy (non-hydrogen) atoms. The fourth-order valence-electron chi connectivity index (χ4n) is 2.00. The van der Waals surface area contributed by atoms with Crippen molar-refractivity contribution >= 4 is 21.4 Å². The molecular weight excluding hydrogens is 212 g/mol. The molecule has 88 valence electrons. The molecule has 1 aromatic heterocycles. The molecule has 0 bridgehead atoms. The van der Waals surface area contributed by atoms with Crippen molar-refractivity contribution in [3.05, 3.63) is 34.7 Å². The molecule has 0 amide bonds. The molecule has 2 aromatic rings. The van der Waals surface area contributed by atoms with Crippen LogP contribution in [-0.2, 0) is 0 Å². The highest BCUT2D eigenvalue weighted by Crippen LogP contribution is 2.36. The zero-order chi connectivity index (χ0) is 12.1. The summed E-state index contributed by atoms with van der Waals surface area (Å²) in [6.07, 6.45) is 1.22. The molecule has 1 unspecified atom stereocenters. The highest BCUT2D eigenvalue weighted by atomic mass is 32.1. The first-order valence-corrected chi connectivity index (χ1v) is 7.03. The summed E-state index contributed by atoms with van der Waals surface area (Å²) in [5.74, 6) is 0.686. The minimum Gasteiger partial charge on any atom is -0.140 e. The number of hydrogen-bond donors (Lipinski definition) is 0. The topological polar surface area (TPSA) is 0 Å². The molecule has 2 rings (SSSR count). The van der Waals surface area contributed by atoms with Gasteiger partial charge in [0.2, 0.25) is 0 Å². The third-order valence-corrected chi connectivity index (χ3v) is 4.03. The summed E-state index contributed by atoms with van der Waals surface area (Å²) < 4.78 is 1.43. The van der Waals surface area contributed by atoms with Gasteiger partial charge in [0.1, 0.15) is 0 Å². The SMILES string of the molecule is CC.CCC(C)c1c(C)sc2ccccc12. The van der Waals surface area contributed by atoms with E-state index in [0.717, 1.165) is 0 Å². The van der Waals surface area contributed by atoms with Crippen LogP contribution in [0, 0.1) is 6.92 Å². The molecule has 0 N–H and O–H groups in total. The summed E-state index contributed by atoms with van der Waals surface area (Å²) >= 11 is 1.92. The fourth-order valence-corrected chi connectivity index (χ4v) is 3.19. The van der Waals surface area contributed by atoms with Crippen LogP contribution in [-0.4, -0.2) is 0 Å². The van der Waals surface area contributed by atoms with Crippen molar-refractivity contribution in [1.29, 1.82) is 0 Å². The van der Waals surface area contributed by atoms with Gasteiger partial charge in [-0.15, -0.1) is 11.3 Å². The molecule has 0 aliphatic carbocycles. The van der Waals surface area contributed by atoms with Gasteiger partial charge in [-0.3, -0.25) is 0 Å². The lowest BCUT2D eigenvalue weighted by atomic mass is 9.96. The third kappa shape index (κ3) is 2.46. The third-order valence-electron chi connectivity index (χ3n) is 2.92. The summed E-state index contributed by atoms with van der Waals surface area (Å²) in [7, 11) is 0. The van der Waals surface area contributed by atoms with E-state index in [9.17, 15) is 0 Å². The maximum Gasteiger partial charge on any atom is 0.0348 e. The van der Waals surface area contributed by atoms with Crippen molar-refractivity contribution in [2.75, 3.05) is 0 Å². The first kappa shape index (κ1) is 13.2. The normalized spacial score (nSPS) is 12.1. The van der Waals surface area contributed by atoms with Crippen molar-refractivity contribution in [3.8, 4) is 0 Å². The van der Waals surface area contributed by atoms with Crippen molar-refractivity contribution < 1.29 is 0 Å². The van der Waals surface area contributed by atoms with Crippen molar-refractivity contribution in [3.63, 3.8) is 0 Å². The second-order valence-electron chi connectivity index (χ2n) is 3.88. The number of hydrogen-bond acceptors (Lipinski definition) is 1. The van der Waals surface area contributed by atoms with E-state index in [2.05, 4.69) is 45.0 Å². The number of fused-ring (bicyclic) bond motifs is 1. The molecule has 0 aliphatic rings. The second-order valence-corrected chi connectivity index (χ2v) is 5.13. The summed E-state index contributed by atoms with van der Waals surface area (Å²) in [4.78, 5) is 1.49. The van der Waals surface area contributed by atoms with E-state index in [1.807, 2.05) is 25.2 Å². The van der Waals surface area contributed by atoms with Gasteiger partial charge < -0.3 is 0 Å². The molecule has 0 nitrogen and oxygen atoms in total. The zero-order valence-electron chi connectivity index (χ0n) is 11.0. The predicted molar refractivity (Wildman–Crippen MR) is 76.6 cm³/mol. The first-order chi connectivity index (χ1) is 7.74. The van der Waals surface area contributed by atoms with Gasteiger partial charge in [0.05, 0.1) is 0 Å². The van der Waals surface area contributed by atoms with E-state index >= 15 is 0 Å². The van der Waals surface area contributed by atoms with Gasteiger partial charge in [-0.05, 0) is 36.3 Å². The Kier molecular flexibility index (Phi) is 5.01. The molecule has 0 fully saturated rings. The lowest BCUT2D eigenvalue weighted by Crippen LogP contribution is -1.91. The van der Waals surface area contributed by atoms with E-state index in [-0.39, 0.29) is 0 Å². The maximum absolute atomic E-state index is 2.32. The Labute approximate surface area is 103 Å². The van der Waals surface area contributed by atoms with Gasteiger partial charge in [-0.1, -0.05) is 45.9 Å². The van der Waals surface area contributed by atoms with E-state index < -0.39 is 0 Å². The first-order valence-electron chi connectivity index (χ1n) is 6.22. The number of thiophene rings is 1. The largest absolute Gasteiger partial charge is 0.140 e. The van der Waals surface area contributed by atoms with Crippen molar-refractivity contribution in [2.24, 2.45) is 0 Å². The second kappa shape index (κ2) is 6.05. The Balaban J connectivity index is 0.000000606. The number of benzene rings is 1. The summed E-state index contributed by atoms with van der Waals surface area (Å²) in [6.45, 7) is 10.8. The van der Waals surface area contributed by atoms with Crippen LogP contribution >= 0.6 is 11.3 Å². The number of rotatable bonds is 2. The average Bonchev–Trinajstić information content (AvgIpc) is 2.66. The molecule has 0 saturated heterocycles. The highest BCUT2D eigenvalue weighted by molar-refractivity contribution is 7.19. The summed E-state index contributed by atoms with van der Waals surface area (Å²) in [5.41, 5.74) is 1.56. The van der Waals surface area contributed by atoms with Crippen molar-refractivity contribution in [2.45, 2.75) is 47.0 Å². The van der Waals surface area contributed by atoms with Crippen LogP contribution in [0.15, 0.2) is 24.3 Å². The van der Waals surface area contributed by atoms with Gasteiger partial charge in [-0.25, -0.2) is 0 Å². The van der Waals surface area contributed by atoms with Gasteiger partial charge in [-0.2, -0.15) is 0 Å². The molecular formula is C15H22S. The Morgan fingerprint density at radius 1 is 1.19 bits per heavy atom. The van der Waals surface area contributed by atoms with Gasteiger partial charge in [0, 0.05) is 9.58 Å². The van der Waals surface area contributed by atoms with Crippen LogP contribution < -0.4 is 0 Å². The van der Waals surface area contributed by atoms with Crippen LogP contribution in [0.5, 0.6) is 0 Å². The molecule has 1 atom stereocenters. The molecule has 1 heterocycles. The van der Waals surface area contributed by atoms with Gasteiger partial charge >= 0.3 is 0 Å². The van der Waals surface area contributed by atoms with Crippen LogP contribution in [0.25, 0.3) is 10.1 Å². The molecule has 0 radical (unpaired) electrons. The molecule has 1 aromatic carbocycles.